The van der Waals surface area contributed by atoms with E-state index in [-0.39, 0.29) is 12.2 Å². The van der Waals surface area contributed by atoms with E-state index in [4.69, 9.17) is 10.5 Å². The van der Waals surface area contributed by atoms with Crippen LogP contribution in [-0.2, 0) is 4.74 Å². The maximum Gasteiger partial charge on any atom is 0.0900 e. The monoisotopic (exact) mass is 244 g/mol. The van der Waals surface area contributed by atoms with Crippen LogP contribution in [0, 0.1) is 0 Å². The van der Waals surface area contributed by atoms with E-state index in [1.807, 2.05) is 13.8 Å². The highest BCUT2D eigenvalue weighted by Gasteiger charge is 2.23. The van der Waals surface area contributed by atoms with E-state index >= 15 is 0 Å². The standard InChI is InChI=1S/C13H28N2O2/c1-11(2)17-10-13(16)9-15-8-4-3-5-12(15)6-7-14/h11-13,16H,3-10,14H2,1-2H3. The number of piperidine rings is 1. The molecule has 4 nitrogen and oxygen atoms in total. The fraction of sp³-hybridized carbons (Fsp3) is 1.00. The van der Waals surface area contributed by atoms with Gasteiger partial charge >= 0.3 is 0 Å². The molecule has 0 aliphatic carbocycles. The minimum Gasteiger partial charge on any atom is -0.389 e. The molecule has 0 radical (unpaired) electrons. The molecule has 1 rings (SSSR count). The molecule has 0 aromatic heterocycles. The van der Waals surface area contributed by atoms with Gasteiger partial charge in [0.05, 0.1) is 18.8 Å². The van der Waals surface area contributed by atoms with Gasteiger partial charge in [-0.1, -0.05) is 6.42 Å². The van der Waals surface area contributed by atoms with Crippen molar-refractivity contribution in [2.75, 3.05) is 26.2 Å². The zero-order valence-electron chi connectivity index (χ0n) is 11.3. The number of nitrogens with two attached hydrogens (primary N) is 1. The zero-order valence-corrected chi connectivity index (χ0v) is 11.3. The Morgan fingerprint density at radius 3 is 2.82 bits per heavy atom. The summed E-state index contributed by atoms with van der Waals surface area (Å²) in [6.45, 7) is 6.96. The Balaban J connectivity index is 2.30. The number of ether oxygens (including phenoxy) is 1. The fourth-order valence-corrected chi connectivity index (χ4v) is 2.45. The molecule has 1 aliphatic heterocycles. The Bertz CT molecular complexity index is 198. The van der Waals surface area contributed by atoms with Crippen molar-refractivity contribution in [3.63, 3.8) is 0 Å². The lowest BCUT2D eigenvalue weighted by Gasteiger charge is -2.36. The third-order valence-electron chi connectivity index (χ3n) is 3.32. The van der Waals surface area contributed by atoms with Gasteiger partial charge in [0.15, 0.2) is 0 Å². The summed E-state index contributed by atoms with van der Waals surface area (Å²) in [5.74, 6) is 0. The number of hydrogen-bond acceptors (Lipinski definition) is 4. The van der Waals surface area contributed by atoms with Gasteiger partial charge in [-0.25, -0.2) is 0 Å². The molecule has 17 heavy (non-hydrogen) atoms. The second-order valence-electron chi connectivity index (χ2n) is 5.26. The molecule has 1 fully saturated rings. The van der Waals surface area contributed by atoms with Gasteiger partial charge in [-0.05, 0) is 46.2 Å². The topological polar surface area (TPSA) is 58.7 Å². The number of β-amino-alcohol motifs (C(OH)–C–C–N with tert-alkyl or cyclic N) is 1. The van der Waals surface area contributed by atoms with Crippen LogP contribution in [0.1, 0.15) is 39.5 Å². The summed E-state index contributed by atoms with van der Waals surface area (Å²) < 4.78 is 5.44. The zero-order chi connectivity index (χ0) is 12.7. The number of nitrogens with zero attached hydrogens (tertiary/aromatic N) is 1. The molecule has 0 amide bonds. The van der Waals surface area contributed by atoms with Gasteiger partial charge in [-0.15, -0.1) is 0 Å². The second kappa shape index (κ2) is 8.03. The lowest BCUT2D eigenvalue weighted by atomic mass is 9.99. The molecule has 0 saturated carbocycles. The average Bonchev–Trinajstić information content (AvgIpc) is 2.29. The first-order chi connectivity index (χ1) is 8.13. The molecule has 0 aromatic rings. The first-order valence-electron chi connectivity index (χ1n) is 6.87. The number of aliphatic hydroxyl groups excluding tert-OH is 1. The van der Waals surface area contributed by atoms with Gasteiger partial charge in [-0.3, -0.25) is 4.90 Å². The van der Waals surface area contributed by atoms with Crippen LogP contribution in [0.25, 0.3) is 0 Å². The minimum atomic E-state index is -0.379. The van der Waals surface area contributed by atoms with E-state index in [2.05, 4.69) is 4.90 Å². The molecule has 2 atom stereocenters. The van der Waals surface area contributed by atoms with Gasteiger partial charge in [-0.2, -0.15) is 0 Å². The molecule has 0 aromatic carbocycles. The van der Waals surface area contributed by atoms with E-state index in [9.17, 15) is 5.11 Å². The Labute approximate surface area is 105 Å². The highest BCUT2D eigenvalue weighted by atomic mass is 16.5. The molecule has 1 saturated heterocycles. The average molecular weight is 244 g/mol. The van der Waals surface area contributed by atoms with E-state index < -0.39 is 0 Å². The molecule has 0 bridgehead atoms. The van der Waals surface area contributed by atoms with Crippen molar-refractivity contribution in [2.24, 2.45) is 5.73 Å². The van der Waals surface area contributed by atoms with E-state index in [0.29, 0.717) is 12.6 Å². The van der Waals surface area contributed by atoms with Crippen molar-refractivity contribution < 1.29 is 9.84 Å². The van der Waals surface area contributed by atoms with Gasteiger partial charge < -0.3 is 15.6 Å². The molecular formula is C13H28N2O2. The molecule has 1 heterocycles. The predicted octanol–water partition coefficient (Wildman–Crippen LogP) is 0.976. The SMILES string of the molecule is CC(C)OCC(O)CN1CCCCC1CCN. The van der Waals surface area contributed by atoms with Gasteiger partial charge in [0, 0.05) is 12.6 Å². The van der Waals surface area contributed by atoms with E-state index in [0.717, 1.165) is 26.1 Å². The second-order valence-corrected chi connectivity index (χ2v) is 5.26. The summed E-state index contributed by atoms with van der Waals surface area (Å²) in [6.07, 6.45) is 4.59. The maximum atomic E-state index is 9.94. The third kappa shape index (κ3) is 5.82. The molecule has 2 unspecified atom stereocenters. The van der Waals surface area contributed by atoms with Crippen LogP contribution in [0.5, 0.6) is 0 Å². The number of aliphatic hydroxyl groups is 1. The molecular weight excluding hydrogens is 216 g/mol. The molecule has 0 spiro atoms. The van der Waals surface area contributed by atoms with Crippen molar-refractivity contribution in [1.82, 2.24) is 4.90 Å². The number of rotatable bonds is 7. The summed E-state index contributed by atoms with van der Waals surface area (Å²) >= 11 is 0. The Hall–Kier alpha value is -0.160. The summed E-state index contributed by atoms with van der Waals surface area (Å²) in [6, 6.07) is 0.558. The highest BCUT2D eigenvalue weighted by Crippen LogP contribution is 2.19. The largest absolute Gasteiger partial charge is 0.389 e. The van der Waals surface area contributed by atoms with E-state index in [1.54, 1.807) is 0 Å². The summed E-state index contributed by atoms with van der Waals surface area (Å²) in [4.78, 5) is 2.38. The maximum absolute atomic E-state index is 9.94. The van der Waals surface area contributed by atoms with Crippen LogP contribution in [0.4, 0.5) is 0 Å². The number of hydrogen-bond donors (Lipinski definition) is 2. The number of likely N-dealkylation sites (tertiary alicyclic amines) is 1. The van der Waals surface area contributed by atoms with Crippen molar-refractivity contribution in [2.45, 2.75) is 57.8 Å². The first kappa shape index (κ1) is 14.9. The summed E-state index contributed by atoms with van der Waals surface area (Å²) in [5.41, 5.74) is 5.64. The Morgan fingerprint density at radius 1 is 1.41 bits per heavy atom. The molecule has 1 aliphatic rings. The quantitative estimate of drug-likeness (QED) is 0.701. The van der Waals surface area contributed by atoms with Crippen molar-refractivity contribution in [3.05, 3.63) is 0 Å². The smallest absolute Gasteiger partial charge is 0.0900 e. The van der Waals surface area contributed by atoms with Crippen LogP contribution in [0.15, 0.2) is 0 Å². The predicted molar refractivity (Wildman–Crippen MR) is 70.0 cm³/mol. The molecule has 3 N–H and O–H groups in total. The fourth-order valence-electron chi connectivity index (χ4n) is 2.45. The lowest BCUT2D eigenvalue weighted by molar-refractivity contribution is -0.0189. The highest BCUT2D eigenvalue weighted by molar-refractivity contribution is 4.79. The minimum absolute atomic E-state index is 0.186. The van der Waals surface area contributed by atoms with Crippen LogP contribution in [0.2, 0.25) is 0 Å². The van der Waals surface area contributed by atoms with E-state index in [1.165, 1.54) is 19.3 Å². The Morgan fingerprint density at radius 2 is 2.18 bits per heavy atom. The van der Waals surface area contributed by atoms with Gasteiger partial charge in [0.1, 0.15) is 0 Å². The third-order valence-corrected chi connectivity index (χ3v) is 3.32. The Kier molecular flexibility index (Phi) is 7.04. The summed E-state index contributed by atoms with van der Waals surface area (Å²) in [7, 11) is 0. The lowest BCUT2D eigenvalue weighted by Crippen LogP contribution is -2.45. The van der Waals surface area contributed by atoms with Gasteiger partial charge in [0.2, 0.25) is 0 Å². The van der Waals surface area contributed by atoms with Crippen LogP contribution in [-0.4, -0.2) is 54.5 Å². The summed E-state index contributed by atoms with van der Waals surface area (Å²) in [5, 5.41) is 9.94. The van der Waals surface area contributed by atoms with Crippen molar-refractivity contribution in [3.8, 4) is 0 Å². The van der Waals surface area contributed by atoms with Crippen molar-refractivity contribution >= 4 is 0 Å². The normalized spacial score (nSPS) is 24.2. The molecule has 102 valence electrons. The van der Waals surface area contributed by atoms with Crippen LogP contribution >= 0.6 is 0 Å². The van der Waals surface area contributed by atoms with Crippen molar-refractivity contribution in [1.29, 1.82) is 0 Å². The van der Waals surface area contributed by atoms with Crippen LogP contribution < -0.4 is 5.73 Å². The first-order valence-corrected chi connectivity index (χ1v) is 6.87. The molecule has 4 heteroatoms. The van der Waals surface area contributed by atoms with Gasteiger partial charge in [0.25, 0.3) is 0 Å². The van der Waals surface area contributed by atoms with Crippen LogP contribution in [0.3, 0.4) is 0 Å².